The fourth-order valence-electron chi connectivity index (χ4n) is 4.17. The van der Waals surface area contributed by atoms with Crippen LogP contribution in [0.15, 0.2) is 36.4 Å². The fraction of sp³-hybridized carbons (Fsp3) is 0.458. The second-order valence-electron chi connectivity index (χ2n) is 7.50. The van der Waals surface area contributed by atoms with Gasteiger partial charge in [-0.05, 0) is 62.7 Å². The van der Waals surface area contributed by atoms with E-state index < -0.39 is 5.97 Å². The topological polar surface area (TPSA) is 77.5 Å². The molecule has 31 heavy (non-hydrogen) atoms. The molecule has 7 heteroatoms. The van der Waals surface area contributed by atoms with E-state index in [-0.39, 0.29) is 12.0 Å². The third-order valence-corrected chi connectivity index (χ3v) is 5.78. The van der Waals surface area contributed by atoms with Crippen LogP contribution in [-0.4, -0.2) is 57.0 Å². The first-order chi connectivity index (χ1) is 15.0. The third kappa shape index (κ3) is 5.05. The lowest BCUT2D eigenvalue weighted by Crippen LogP contribution is -2.39. The van der Waals surface area contributed by atoms with Crippen molar-refractivity contribution in [2.45, 2.75) is 25.8 Å². The van der Waals surface area contributed by atoms with E-state index in [1.165, 1.54) is 0 Å². The normalized spacial score (nSPS) is 15.9. The Hall–Kier alpha value is -2.93. The van der Waals surface area contributed by atoms with Gasteiger partial charge in [0.2, 0.25) is 0 Å². The Bertz CT molecular complexity index is 892. The molecule has 1 aliphatic rings. The lowest BCUT2D eigenvalue weighted by molar-refractivity contribution is -0.143. The van der Waals surface area contributed by atoms with E-state index in [0.29, 0.717) is 49.8 Å². The zero-order valence-electron chi connectivity index (χ0n) is 18.6. The first kappa shape index (κ1) is 22.7. The summed E-state index contributed by atoms with van der Waals surface area (Å²) in [6.07, 6.45) is 1.22. The van der Waals surface area contributed by atoms with Crippen molar-refractivity contribution in [2.24, 2.45) is 5.92 Å². The molecule has 1 heterocycles. The van der Waals surface area contributed by atoms with E-state index in [1.807, 2.05) is 43.3 Å². The molecule has 0 saturated carbocycles. The molecule has 7 nitrogen and oxygen atoms in total. The molecule has 2 aromatic rings. The molecule has 1 atom stereocenters. The van der Waals surface area contributed by atoms with Crippen LogP contribution in [0, 0.1) is 5.92 Å². The maximum Gasteiger partial charge on any atom is 0.306 e. The van der Waals surface area contributed by atoms with Gasteiger partial charge in [0.05, 0.1) is 39.9 Å². The lowest BCUT2D eigenvalue weighted by atomic mass is 9.90. The van der Waals surface area contributed by atoms with Crippen LogP contribution < -0.4 is 18.9 Å². The second-order valence-corrected chi connectivity index (χ2v) is 7.50. The summed E-state index contributed by atoms with van der Waals surface area (Å²) < 4.78 is 22.3. The molecule has 1 saturated heterocycles. The van der Waals surface area contributed by atoms with Gasteiger partial charge in [0.15, 0.2) is 11.5 Å². The number of hydrogen-bond donors (Lipinski definition) is 1. The zero-order valence-corrected chi connectivity index (χ0v) is 18.6. The highest BCUT2D eigenvalue weighted by Gasteiger charge is 2.32. The molecule has 0 spiro atoms. The number of rotatable bonds is 9. The number of piperidine rings is 1. The summed E-state index contributed by atoms with van der Waals surface area (Å²) in [5.41, 5.74) is 2.01. The van der Waals surface area contributed by atoms with Crippen LogP contribution in [0.25, 0.3) is 0 Å². The molecule has 0 aliphatic carbocycles. The summed E-state index contributed by atoms with van der Waals surface area (Å²) in [6, 6.07) is 11.6. The lowest BCUT2D eigenvalue weighted by Gasteiger charge is -2.37. The Kier molecular flexibility index (Phi) is 7.63. The van der Waals surface area contributed by atoms with E-state index in [1.54, 1.807) is 21.3 Å². The zero-order chi connectivity index (χ0) is 22.4. The maximum absolute atomic E-state index is 11.4. The highest BCUT2D eigenvalue weighted by molar-refractivity contribution is 5.70. The molecule has 0 radical (unpaired) electrons. The predicted octanol–water partition coefficient (Wildman–Crippen LogP) is 4.00. The minimum atomic E-state index is -0.721. The van der Waals surface area contributed by atoms with Crippen molar-refractivity contribution in [2.75, 3.05) is 41.0 Å². The van der Waals surface area contributed by atoms with Crippen molar-refractivity contribution in [1.82, 2.24) is 4.90 Å². The molecule has 0 amide bonds. The number of aliphatic carboxylic acids is 1. The number of hydrogen-bond acceptors (Lipinski definition) is 6. The Morgan fingerprint density at radius 2 is 1.71 bits per heavy atom. The summed E-state index contributed by atoms with van der Waals surface area (Å²) in [4.78, 5) is 13.7. The van der Waals surface area contributed by atoms with Gasteiger partial charge in [-0.15, -0.1) is 0 Å². The van der Waals surface area contributed by atoms with Gasteiger partial charge < -0.3 is 24.1 Å². The minimum Gasteiger partial charge on any atom is -0.497 e. The van der Waals surface area contributed by atoms with Crippen molar-refractivity contribution in [3.05, 3.63) is 47.5 Å². The number of nitrogens with zero attached hydrogens (tertiary/aromatic N) is 1. The molecule has 168 valence electrons. The molecular formula is C24H31NO6. The summed E-state index contributed by atoms with van der Waals surface area (Å²) in [5.74, 6) is 1.77. The van der Waals surface area contributed by atoms with Crippen LogP contribution in [0.2, 0.25) is 0 Å². The van der Waals surface area contributed by atoms with E-state index in [9.17, 15) is 9.90 Å². The van der Waals surface area contributed by atoms with Gasteiger partial charge in [0, 0.05) is 11.6 Å². The highest BCUT2D eigenvalue weighted by Crippen LogP contribution is 2.41. The Balaban J connectivity index is 2.04. The number of methoxy groups -OCH3 is 3. The SMILES string of the molecule is CCOc1ccc(C(c2ccc(OC)cc2OC)N2CCC(C(=O)O)CC2)cc1OC. The molecule has 1 unspecified atom stereocenters. The van der Waals surface area contributed by atoms with Crippen LogP contribution in [0.1, 0.15) is 36.9 Å². The van der Waals surface area contributed by atoms with E-state index >= 15 is 0 Å². The summed E-state index contributed by atoms with van der Waals surface area (Å²) >= 11 is 0. The monoisotopic (exact) mass is 429 g/mol. The maximum atomic E-state index is 11.4. The second kappa shape index (κ2) is 10.4. The van der Waals surface area contributed by atoms with E-state index in [4.69, 9.17) is 18.9 Å². The van der Waals surface area contributed by atoms with Crippen molar-refractivity contribution in [1.29, 1.82) is 0 Å². The van der Waals surface area contributed by atoms with Gasteiger partial charge >= 0.3 is 5.97 Å². The van der Waals surface area contributed by atoms with Crippen LogP contribution in [-0.2, 0) is 4.79 Å². The molecular weight excluding hydrogens is 398 g/mol. The van der Waals surface area contributed by atoms with Crippen LogP contribution in [0.3, 0.4) is 0 Å². The molecule has 0 bridgehead atoms. The molecule has 0 aromatic heterocycles. The van der Waals surface area contributed by atoms with Crippen molar-refractivity contribution in [3.63, 3.8) is 0 Å². The van der Waals surface area contributed by atoms with Gasteiger partial charge in [0.25, 0.3) is 0 Å². The third-order valence-electron chi connectivity index (χ3n) is 5.78. The van der Waals surface area contributed by atoms with Gasteiger partial charge in [-0.2, -0.15) is 0 Å². The summed E-state index contributed by atoms with van der Waals surface area (Å²) in [5, 5.41) is 9.40. The number of carboxylic acids is 1. The number of carbonyl (C=O) groups is 1. The van der Waals surface area contributed by atoms with Crippen LogP contribution in [0.4, 0.5) is 0 Å². The standard InChI is InChI=1S/C24H31NO6/c1-5-31-20-9-6-17(14-22(20)30-4)23(25-12-10-16(11-13-25)24(26)27)19-8-7-18(28-2)15-21(19)29-3/h6-9,14-16,23H,5,10-13H2,1-4H3,(H,26,27). The first-order valence-electron chi connectivity index (χ1n) is 10.5. The Labute approximate surface area is 183 Å². The predicted molar refractivity (Wildman–Crippen MR) is 117 cm³/mol. The van der Waals surface area contributed by atoms with Crippen molar-refractivity contribution < 1.29 is 28.8 Å². The van der Waals surface area contributed by atoms with Crippen LogP contribution in [0.5, 0.6) is 23.0 Å². The minimum absolute atomic E-state index is 0.125. The largest absolute Gasteiger partial charge is 0.497 e. The van der Waals surface area contributed by atoms with Gasteiger partial charge in [0.1, 0.15) is 11.5 Å². The molecule has 2 aromatic carbocycles. The van der Waals surface area contributed by atoms with Gasteiger partial charge in [-0.25, -0.2) is 0 Å². The molecule has 1 fully saturated rings. The van der Waals surface area contributed by atoms with Gasteiger partial charge in [-0.1, -0.05) is 6.07 Å². The van der Waals surface area contributed by atoms with Crippen molar-refractivity contribution >= 4 is 5.97 Å². The smallest absolute Gasteiger partial charge is 0.306 e. The number of ether oxygens (including phenoxy) is 4. The molecule has 1 N–H and O–H groups in total. The number of benzene rings is 2. The average Bonchev–Trinajstić information content (AvgIpc) is 2.80. The summed E-state index contributed by atoms with van der Waals surface area (Å²) in [7, 11) is 4.90. The van der Waals surface area contributed by atoms with Crippen LogP contribution >= 0.6 is 0 Å². The molecule has 3 rings (SSSR count). The Morgan fingerprint density at radius 1 is 1.00 bits per heavy atom. The number of likely N-dealkylation sites (tertiary alicyclic amines) is 1. The van der Waals surface area contributed by atoms with E-state index in [2.05, 4.69) is 4.90 Å². The van der Waals surface area contributed by atoms with Crippen molar-refractivity contribution in [3.8, 4) is 23.0 Å². The van der Waals surface area contributed by atoms with Gasteiger partial charge in [-0.3, -0.25) is 9.69 Å². The Morgan fingerprint density at radius 3 is 2.29 bits per heavy atom. The quantitative estimate of drug-likeness (QED) is 0.646. The molecule has 1 aliphatic heterocycles. The number of carboxylic acid groups (broad SMARTS) is 1. The fourth-order valence-corrected chi connectivity index (χ4v) is 4.17. The first-order valence-corrected chi connectivity index (χ1v) is 10.5. The average molecular weight is 430 g/mol. The summed E-state index contributed by atoms with van der Waals surface area (Å²) in [6.45, 7) is 3.83. The van der Waals surface area contributed by atoms with E-state index in [0.717, 1.165) is 16.9 Å². The highest BCUT2D eigenvalue weighted by atomic mass is 16.5.